The highest BCUT2D eigenvalue weighted by Gasteiger charge is 2.34. The summed E-state index contributed by atoms with van der Waals surface area (Å²) in [6, 6.07) is 0.919. The zero-order valence-electron chi connectivity index (χ0n) is 13.6. The Balaban J connectivity index is 1.41. The van der Waals surface area contributed by atoms with Crippen molar-refractivity contribution in [2.45, 2.75) is 31.7 Å². The Bertz CT molecular complexity index is 369. The summed E-state index contributed by atoms with van der Waals surface area (Å²) in [6.07, 6.45) is 5.41. The summed E-state index contributed by atoms with van der Waals surface area (Å²) >= 11 is 0. The summed E-state index contributed by atoms with van der Waals surface area (Å²) < 4.78 is 5.28. The van der Waals surface area contributed by atoms with Gasteiger partial charge < -0.3 is 19.9 Å². The molecule has 0 aromatic carbocycles. The number of likely N-dealkylation sites (tertiary alicyclic amines) is 2. The molecule has 1 saturated carbocycles. The van der Waals surface area contributed by atoms with E-state index in [9.17, 15) is 0 Å². The van der Waals surface area contributed by atoms with E-state index in [-0.39, 0.29) is 0 Å². The molecule has 2 atom stereocenters. The Morgan fingerprint density at radius 2 is 1.95 bits per heavy atom. The van der Waals surface area contributed by atoms with Crippen molar-refractivity contribution < 1.29 is 4.74 Å². The van der Waals surface area contributed by atoms with Crippen molar-refractivity contribution in [1.82, 2.24) is 15.1 Å². The molecule has 0 amide bonds. The van der Waals surface area contributed by atoms with Gasteiger partial charge in [0.15, 0.2) is 5.96 Å². The van der Waals surface area contributed by atoms with E-state index < -0.39 is 0 Å². The average molecular weight is 294 g/mol. The number of rotatable bonds is 5. The second kappa shape index (κ2) is 6.97. The number of hydrogen-bond acceptors (Lipinski definition) is 3. The van der Waals surface area contributed by atoms with Gasteiger partial charge in [0.25, 0.3) is 0 Å². The SMILES string of the molecule is CN=C(NCC1CCN(C2CC2)C1)N1CCC(COC)C1. The number of hydrogen-bond donors (Lipinski definition) is 1. The molecule has 0 aromatic heterocycles. The van der Waals surface area contributed by atoms with Gasteiger partial charge in [-0.05, 0) is 38.1 Å². The summed E-state index contributed by atoms with van der Waals surface area (Å²) in [4.78, 5) is 9.54. The quantitative estimate of drug-likeness (QED) is 0.607. The van der Waals surface area contributed by atoms with Crippen LogP contribution >= 0.6 is 0 Å². The highest BCUT2D eigenvalue weighted by Crippen LogP contribution is 2.31. The molecule has 2 saturated heterocycles. The van der Waals surface area contributed by atoms with Crippen molar-refractivity contribution in [1.29, 1.82) is 0 Å². The van der Waals surface area contributed by atoms with Crippen LogP contribution in [0.25, 0.3) is 0 Å². The third kappa shape index (κ3) is 3.89. The first kappa shape index (κ1) is 15.1. The van der Waals surface area contributed by atoms with E-state index in [1.54, 1.807) is 7.11 Å². The third-order valence-corrected chi connectivity index (χ3v) is 5.13. The highest BCUT2D eigenvalue weighted by molar-refractivity contribution is 5.80. The molecule has 1 N–H and O–H groups in total. The minimum atomic E-state index is 0.658. The van der Waals surface area contributed by atoms with Crippen LogP contribution < -0.4 is 5.32 Å². The number of nitrogens with one attached hydrogen (secondary N) is 1. The van der Waals surface area contributed by atoms with Gasteiger partial charge in [0.05, 0.1) is 6.61 Å². The second-order valence-electron chi connectivity index (χ2n) is 6.86. The first-order valence-electron chi connectivity index (χ1n) is 8.48. The van der Waals surface area contributed by atoms with Crippen LogP contribution in [0.1, 0.15) is 25.7 Å². The lowest BCUT2D eigenvalue weighted by atomic mass is 10.1. The summed E-state index contributed by atoms with van der Waals surface area (Å²) in [5, 5.41) is 3.60. The molecule has 120 valence electrons. The maximum absolute atomic E-state index is 5.28. The summed E-state index contributed by atoms with van der Waals surface area (Å²) in [7, 11) is 3.69. The fourth-order valence-corrected chi connectivity index (χ4v) is 3.77. The maximum atomic E-state index is 5.28. The standard InChI is InChI=1S/C16H30N4O/c1-17-16(20-8-6-14(11-20)12-21-2)18-9-13-5-7-19(10-13)15-3-4-15/h13-15H,3-12H2,1-2H3,(H,17,18). The molecule has 21 heavy (non-hydrogen) atoms. The molecule has 3 fully saturated rings. The highest BCUT2D eigenvalue weighted by atomic mass is 16.5. The van der Waals surface area contributed by atoms with E-state index in [0.29, 0.717) is 5.92 Å². The Morgan fingerprint density at radius 1 is 1.14 bits per heavy atom. The summed E-state index contributed by atoms with van der Waals surface area (Å²) in [5.74, 6) is 2.53. The minimum Gasteiger partial charge on any atom is -0.384 e. The Morgan fingerprint density at radius 3 is 2.67 bits per heavy atom. The fraction of sp³-hybridized carbons (Fsp3) is 0.938. The van der Waals surface area contributed by atoms with Crippen LogP contribution in [0.15, 0.2) is 4.99 Å². The van der Waals surface area contributed by atoms with Crippen LogP contribution in [0.4, 0.5) is 0 Å². The number of aliphatic imine (C=N–C) groups is 1. The summed E-state index contributed by atoms with van der Waals surface area (Å²) in [6.45, 7) is 6.70. The van der Waals surface area contributed by atoms with E-state index in [2.05, 4.69) is 20.1 Å². The molecule has 5 heteroatoms. The monoisotopic (exact) mass is 294 g/mol. The average Bonchev–Trinajstić information content (AvgIpc) is 3.06. The van der Waals surface area contributed by atoms with Crippen LogP contribution in [0.2, 0.25) is 0 Å². The van der Waals surface area contributed by atoms with Crippen molar-refractivity contribution in [2.24, 2.45) is 16.8 Å². The topological polar surface area (TPSA) is 40.1 Å². The third-order valence-electron chi connectivity index (χ3n) is 5.13. The predicted molar refractivity (Wildman–Crippen MR) is 85.6 cm³/mol. The molecule has 2 heterocycles. The molecule has 2 aliphatic heterocycles. The normalized spacial score (nSPS) is 31.1. The van der Waals surface area contributed by atoms with Gasteiger partial charge in [-0.1, -0.05) is 0 Å². The Labute approximate surface area is 128 Å². The van der Waals surface area contributed by atoms with Crippen LogP contribution in [-0.2, 0) is 4.74 Å². The van der Waals surface area contributed by atoms with Gasteiger partial charge in [0, 0.05) is 52.3 Å². The van der Waals surface area contributed by atoms with Crippen LogP contribution in [0.3, 0.4) is 0 Å². The van der Waals surface area contributed by atoms with Crippen molar-refractivity contribution in [3.63, 3.8) is 0 Å². The number of nitrogens with zero attached hydrogens (tertiary/aromatic N) is 3. The van der Waals surface area contributed by atoms with Crippen molar-refractivity contribution in [3.8, 4) is 0 Å². The summed E-state index contributed by atoms with van der Waals surface area (Å²) in [5.41, 5.74) is 0. The van der Waals surface area contributed by atoms with E-state index in [4.69, 9.17) is 4.74 Å². The van der Waals surface area contributed by atoms with Gasteiger partial charge in [-0.3, -0.25) is 4.99 Å². The molecule has 1 aliphatic carbocycles. The van der Waals surface area contributed by atoms with E-state index in [1.807, 2.05) is 7.05 Å². The van der Waals surface area contributed by atoms with Crippen LogP contribution in [0, 0.1) is 11.8 Å². The van der Waals surface area contributed by atoms with Crippen LogP contribution in [0.5, 0.6) is 0 Å². The number of ether oxygens (including phenoxy) is 1. The molecule has 2 unspecified atom stereocenters. The number of guanidine groups is 1. The lowest BCUT2D eigenvalue weighted by Gasteiger charge is -2.23. The maximum Gasteiger partial charge on any atom is 0.193 e. The molecule has 0 bridgehead atoms. The van der Waals surface area contributed by atoms with Gasteiger partial charge in [-0.25, -0.2) is 0 Å². The van der Waals surface area contributed by atoms with Gasteiger partial charge in [0.2, 0.25) is 0 Å². The zero-order valence-corrected chi connectivity index (χ0v) is 13.6. The predicted octanol–water partition coefficient (Wildman–Crippen LogP) is 1.01. The molecule has 5 nitrogen and oxygen atoms in total. The van der Waals surface area contributed by atoms with Crippen molar-refractivity contribution in [2.75, 3.05) is 53.5 Å². The van der Waals surface area contributed by atoms with Gasteiger partial charge >= 0.3 is 0 Å². The lowest BCUT2D eigenvalue weighted by molar-refractivity contribution is 0.157. The molecule has 0 spiro atoms. The largest absolute Gasteiger partial charge is 0.384 e. The Hall–Kier alpha value is -0.810. The van der Waals surface area contributed by atoms with E-state index in [0.717, 1.165) is 44.2 Å². The molecule has 3 rings (SSSR count). The smallest absolute Gasteiger partial charge is 0.193 e. The van der Waals surface area contributed by atoms with E-state index in [1.165, 1.54) is 38.8 Å². The van der Waals surface area contributed by atoms with Gasteiger partial charge in [0.1, 0.15) is 0 Å². The molecule has 0 aromatic rings. The zero-order chi connectivity index (χ0) is 14.7. The molecule has 0 radical (unpaired) electrons. The van der Waals surface area contributed by atoms with Crippen molar-refractivity contribution in [3.05, 3.63) is 0 Å². The first-order valence-corrected chi connectivity index (χ1v) is 8.48. The van der Waals surface area contributed by atoms with E-state index >= 15 is 0 Å². The lowest BCUT2D eigenvalue weighted by Crippen LogP contribution is -2.42. The fourth-order valence-electron chi connectivity index (χ4n) is 3.77. The van der Waals surface area contributed by atoms with Gasteiger partial charge in [-0.2, -0.15) is 0 Å². The second-order valence-corrected chi connectivity index (χ2v) is 6.86. The first-order chi connectivity index (χ1) is 10.3. The van der Waals surface area contributed by atoms with Gasteiger partial charge in [-0.15, -0.1) is 0 Å². The molecular formula is C16H30N4O. The minimum absolute atomic E-state index is 0.658. The Kier molecular flexibility index (Phi) is 5.01. The van der Waals surface area contributed by atoms with Crippen molar-refractivity contribution >= 4 is 5.96 Å². The molecular weight excluding hydrogens is 264 g/mol. The number of methoxy groups -OCH3 is 1. The molecule has 3 aliphatic rings. The van der Waals surface area contributed by atoms with Crippen LogP contribution in [-0.4, -0.2) is 75.3 Å².